The summed E-state index contributed by atoms with van der Waals surface area (Å²) in [6, 6.07) is 1.11. The molecule has 1 aromatic rings. The first-order valence-corrected chi connectivity index (χ1v) is 3.00. The van der Waals surface area contributed by atoms with Gasteiger partial charge in [0.1, 0.15) is 0 Å². The Morgan fingerprint density at radius 3 is 2.91 bits per heavy atom. The van der Waals surface area contributed by atoms with Crippen LogP contribution in [0, 0.1) is 5.95 Å². The van der Waals surface area contributed by atoms with Gasteiger partial charge in [0.15, 0.2) is 0 Å². The SMILES string of the molecule is Cn1nc(CC(=O)O)cc1F. The van der Waals surface area contributed by atoms with Crippen molar-refractivity contribution >= 4 is 5.97 Å². The van der Waals surface area contributed by atoms with Gasteiger partial charge in [-0.25, -0.2) is 4.68 Å². The molecule has 1 aromatic heterocycles. The zero-order valence-corrected chi connectivity index (χ0v) is 5.91. The van der Waals surface area contributed by atoms with E-state index >= 15 is 0 Å². The molecule has 0 atom stereocenters. The van der Waals surface area contributed by atoms with Crippen molar-refractivity contribution in [3.05, 3.63) is 17.7 Å². The first kappa shape index (κ1) is 7.71. The van der Waals surface area contributed by atoms with Gasteiger partial charge in [-0.05, 0) is 0 Å². The summed E-state index contributed by atoms with van der Waals surface area (Å²) in [5.41, 5.74) is 0.234. The van der Waals surface area contributed by atoms with Gasteiger partial charge in [0.2, 0.25) is 5.95 Å². The topological polar surface area (TPSA) is 55.1 Å². The minimum absolute atomic E-state index is 0.234. The van der Waals surface area contributed by atoms with Crippen LogP contribution < -0.4 is 0 Å². The molecule has 0 saturated carbocycles. The van der Waals surface area contributed by atoms with Crippen LogP contribution in [0.5, 0.6) is 0 Å². The number of aryl methyl sites for hydroxylation is 1. The van der Waals surface area contributed by atoms with E-state index in [1.54, 1.807) is 0 Å². The van der Waals surface area contributed by atoms with Crippen molar-refractivity contribution in [1.29, 1.82) is 0 Å². The van der Waals surface area contributed by atoms with E-state index in [2.05, 4.69) is 5.10 Å². The number of nitrogens with zero attached hydrogens (tertiary/aromatic N) is 2. The number of halogens is 1. The molecule has 60 valence electrons. The Labute approximate surface area is 62.3 Å². The van der Waals surface area contributed by atoms with Gasteiger partial charge >= 0.3 is 5.97 Å². The van der Waals surface area contributed by atoms with Crippen molar-refractivity contribution in [3.63, 3.8) is 0 Å². The number of carbonyl (C=O) groups is 1. The van der Waals surface area contributed by atoms with E-state index in [1.807, 2.05) is 0 Å². The van der Waals surface area contributed by atoms with Crippen LogP contribution in [0.15, 0.2) is 6.07 Å². The second-order valence-corrected chi connectivity index (χ2v) is 2.15. The molecular formula is C6H7FN2O2. The number of hydrogen-bond acceptors (Lipinski definition) is 2. The summed E-state index contributed by atoms with van der Waals surface area (Å²) < 4.78 is 13.5. The molecule has 0 unspecified atom stereocenters. The molecule has 0 aromatic carbocycles. The lowest BCUT2D eigenvalue weighted by Crippen LogP contribution is -2.01. The van der Waals surface area contributed by atoms with Crippen LogP contribution in [0.25, 0.3) is 0 Å². The maximum Gasteiger partial charge on any atom is 0.309 e. The first-order chi connectivity index (χ1) is 5.09. The molecule has 0 bridgehead atoms. The maximum absolute atomic E-state index is 12.5. The fourth-order valence-corrected chi connectivity index (χ4v) is 0.742. The van der Waals surface area contributed by atoms with Gasteiger partial charge in [0.25, 0.3) is 0 Å². The van der Waals surface area contributed by atoms with E-state index in [0.717, 1.165) is 10.7 Å². The quantitative estimate of drug-likeness (QED) is 0.668. The number of carboxylic acids is 1. The molecule has 5 heteroatoms. The molecule has 4 nitrogen and oxygen atoms in total. The van der Waals surface area contributed by atoms with Gasteiger partial charge in [-0.2, -0.15) is 9.49 Å². The summed E-state index contributed by atoms with van der Waals surface area (Å²) in [5, 5.41) is 11.9. The molecule has 11 heavy (non-hydrogen) atoms. The van der Waals surface area contributed by atoms with Gasteiger partial charge in [-0.3, -0.25) is 4.79 Å². The van der Waals surface area contributed by atoms with Gasteiger partial charge in [-0.15, -0.1) is 0 Å². The molecule has 0 spiro atoms. The van der Waals surface area contributed by atoms with E-state index in [9.17, 15) is 9.18 Å². The van der Waals surface area contributed by atoms with E-state index in [1.165, 1.54) is 7.05 Å². The van der Waals surface area contributed by atoms with Crippen LogP contribution >= 0.6 is 0 Å². The van der Waals surface area contributed by atoms with Gasteiger partial charge in [0.05, 0.1) is 12.1 Å². The third-order valence-corrected chi connectivity index (χ3v) is 1.21. The maximum atomic E-state index is 12.5. The Kier molecular flexibility index (Phi) is 1.89. The van der Waals surface area contributed by atoms with Gasteiger partial charge < -0.3 is 5.11 Å². The molecule has 0 fully saturated rings. The Balaban J connectivity index is 2.81. The van der Waals surface area contributed by atoms with Crippen molar-refractivity contribution in [2.24, 2.45) is 7.05 Å². The van der Waals surface area contributed by atoms with Crippen LogP contribution in [0.1, 0.15) is 5.69 Å². The monoisotopic (exact) mass is 158 g/mol. The number of carboxylic acid groups (broad SMARTS) is 1. The standard InChI is InChI=1S/C6H7FN2O2/c1-9-5(7)2-4(8-9)3-6(10)11/h2H,3H2,1H3,(H,10,11). The molecule has 0 aliphatic carbocycles. The molecule has 0 radical (unpaired) electrons. The van der Waals surface area contributed by atoms with Crippen LogP contribution in [-0.2, 0) is 18.3 Å². The summed E-state index contributed by atoms with van der Waals surface area (Å²) in [6.45, 7) is 0. The Hall–Kier alpha value is -1.39. The molecule has 0 aliphatic heterocycles. The fourth-order valence-electron chi connectivity index (χ4n) is 0.742. The molecule has 1 rings (SSSR count). The van der Waals surface area contributed by atoms with Crippen LogP contribution in [0.3, 0.4) is 0 Å². The number of rotatable bonds is 2. The molecule has 1 heterocycles. The average Bonchev–Trinajstić information content (AvgIpc) is 2.10. The van der Waals surface area contributed by atoms with E-state index in [4.69, 9.17) is 5.11 Å². The minimum atomic E-state index is -1.01. The average molecular weight is 158 g/mol. The third-order valence-electron chi connectivity index (χ3n) is 1.21. The van der Waals surface area contributed by atoms with Crippen molar-refractivity contribution in [3.8, 4) is 0 Å². The van der Waals surface area contributed by atoms with Gasteiger partial charge in [0, 0.05) is 13.1 Å². The lowest BCUT2D eigenvalue weighted by Gasteiger charge is -1.87. The number of aromatic nitrogens is 2. The summed E-state index contributed by atoms with van der Waals surface area (Å²) >= 11 is 0. The Bertz CT molecular complexity index is 263. The highest BCUT2D eigenvalue weighted by Gasteiger charge is 2.06. The van der Waals surface area contributed by atoms with Crippen LogP contribution in [0.2, 0.25) is 0 Å². The molecule has 0 aliphatic rings. The minimum Gasteiger partial charge on any atom is -0.481 e. The predicted molar refractivity (Wildman–Crippen MR) is 34.5 cm³/mol. The molecule has 0 amide bonds. The van der Waals surface area contributed by atoms with Crippen molar-refractivity contribution in [1.82, 2.24) is 9.78 Å². The lowest BCUT2D eigenvalue weighted by atomic mass is 10.3. The summed E-state index contributed by atoms with van der Waals surface area (Å²) in [4.78, 5) is 10.1. The smallest absolute Gasteiger partial charge is 0.309 e. The van der Waals surface area contributed by atoms with E-state index in [-0.39, 0.29) is 12.1 Å². The summed E-state index contributed by atoms with van der Waals surface area (Å²) in [7, 11) is 1.42. The van der Waals surface area contributed by atoms with Crippen molar-refractivity contribution in [2.75, 3.05) is 0 Å². The lowest BCUT2D eigenvalue weighted by molar-refractivity contribution is -0.136. The van der Waals surface area contributed by atoms with Gasteiger partial charge in [-0.1, -0.05) is 0 Å². The van der Waals surface area contributed by atoms with Crippen LogP contribution in [-0.4, -0.2) is 20.9 Å². The van der Waals surface area contributed by atoms with Crippen molar-refractivity contribution in [2.45, 2.75) is 6.42 Å². The van der Waals surface area contributed by atoms with E-state index in [0.29, 0.717) is 0 Å². The largest absolute Gasteiger partial charge is 0.481 e. The normalized spacial score (nSPS) is 10.0. The number of hydrogen-bond donors (Lipinski definition) is 1. The highest BCUT2D eigenvalue weighted by Crippen LogP contribution is 2.00. The third kappa shape index (κ3) is 1.76. The summed E-state index contributed by atoms with van der Waals surface area (Å²) in [6.07, 6.45) is -0.238. The highest BCUT2D eigenvalue weighted by atomic mass is 19.1. The molecular weight excluding hydrogens is 151 g/mol. The van der Waals surface area contributed by atoms with Crippen LogP contribution in [0.4, 0.5) is 4.39 Å². The van der Waals surface area contributed by atoms with E-state index < -0.39 is 11.9 Å². The Morgan fingerprint density at radius 1 is 1.91 bits per heavy atom. The van der Waals surface area contributed by atoms with Crippen molar-refractivity contribution < 1.29 is 14.3 Å². The second kappa shape index (κ2) is 2.69. The second-order valence-electron chi connectivity index (χ2n) is 2.15. The molecule has 1 N–H and O–H groups in total. The zero-order chi connectivity index (χ0) is 8.43. The highest BCUT2D eigenvalue weighted by molar-refractivity contribution is 5.69. The summed E-state index contributed by atoms with van der Waals surface area (Å²) in [5.74, 6) is -1.54. The fraction of sp³-hybridized carbons (Fsp3) is 0.333. The zero-order valence-electron chi connectivity index (χ0n) is 5.91. The number of aliphatic carboxylic acids is 1. The molecule has 0 saturated heterocycles. The predicted octanol–water partition coefficient (Wildman–Crippen LogP) is 0.186. The first-order valence-electron chi connectivity index (χ1n) is 3.00. The Morgan fingerprint density at radius 2 is 2.55 bits per heavy atom.